The van der Waals surface area contributed by atoms with Crippen molar-refractivity contribution >= 4 is 32.3 Å². The van der Waals surface area contributed by atoms with Crippen LogP contribution in [-0.4, -0.2) is 42.8 Å². The molecule has 132 valence electrons. The van der Waals surface area contributed by atoms with Crippen molar-refractivity contribution in [2.75, 3.05) is 19.9 Å². The Morgan fingerprint density at radius 1 is 1.30 bits per heavy atom. The normalized spacial score (nSPS) is 16.5. The topological polar surface area (TPSA) is 116 Å². The smallest absolute Gasteiger partial charge is 0.244 e. The molecule has 1 aliphatic rings. The molecule has 23 heavy (non-hydrogen) atoms. The Morgan fingerprint density at radius 3 is 2.39 bits per heavy atom. The highest BCUT2D eigenvalue weighted by molar-refractivity contribution is 7.91. The summed E-state index contributed by atoms with van der Waals surface area (Å²) in [6.45, 7) is 0.110. The summed E-state index contributed by atoms with van der Waals surface area (Å²) in [5, 5.41) is 0. The minimum atomic E-state index is -3.91. The molecule has 7 nitrogen and oxygen atoms in total. The van der Waals surface area contributed by atoms with Gasteiger partial charge in [-0.05, 0) is 37.0 Å². The minimum absolute atomic E-state index is 0. The van der Waals surface area contributed by atoms with E-state index in [1.165, 1.54) is 19.2 Å². The molecule has 2 rings (SSSR count). The zero-order chi connectivity index (χ0) is 16.5. The number of sulfone groups is 1. The van der Waals surface area contributed by atoms with Crippen molar-refractivity contribution in [2.45, 2.75) is 28.7 Å². The summed E-state index contributed by atoms with van der Waals surface area (Å²) in [4.78, 5) is -0.291. The van der Waals surface area contributed by atoms with Crippen LogP contribution in [0.4, 0.5) is 0 Å². The van der Waals surface area contributed by atoms with Gasteiger partial charge in [0.1, 0.15) is 10.6 Å². The van der Waals surface area contributed by atoms with Gasteiger partial charge in [-0.1, -0.05) is 0 Å². The van der Waals surface area contributed by atoms with E-state index in [9.17, 15) is 16.8 Å². The molecule has 0 bridgehead atoms. The van der Waals surface area contributed by atoms with Crippen molar-refractivity contribution < 1.29 is 21.6 Å². The number of hydrogen-bond donors (Lipinski definition) is 2. The van der Waals surface area contributed by atoms with E-state index in [0.717, 1.165) is 25.2 Å². The van der Waals surface area contributed by atoms with E-state index in [0.29, 0.717) is 5.92 Å². The number of halogens is 1. The van der Waals surface area contributed by atoms with Crippen LogP contribution in [0.3, 0.4) is 0 Å². The molecular formula is C13H21ClN2O5S2. The first-order valence-electron chi connectivity index (χ1n) is 6.78. The molecule has 1 saturated carbocycles. The van der Waals surface area contributed by atoms with Crippen LogP contribution in [0.5, 0.6) is 5.75 Å². The maximum atomic E-state index is 12.4. The van der Waals surface area contributed by atoms with E-state index in [1.54, 1.807) is 0 Å². The molecule has 1 aromatic rings. The quantitative estimate of drug-likeness (QED) is 0.708. The van der Waals surface area contributed by atoms with Gasteiger partial charge in [0.25, 0.3) is 0 Å². The molecular weight excluding hydrogens is 364 g/mol. The third-order valence-corrected chi connectivity index (χ3v) is 6.14. The first-order valence-corrected chi connectivity index (χ1v) is 10.2. The summed E-state index contributed by atoms with van der Waals surface area (Å²) >= 11 is 0. The van der Waals surface area contributed by atoms with Gasteiger partial charge in [-0.2, -0.15) is 0 Å². The summed E-state index contributed by atoms with van der Waals surface area (Å²) < 4.78 is 55.4. The summed E-state index contributed by atoms with van der Waals surface area (Å²) in [5.74, 6) is 0.437. The molecule has 0 aromatic heterocycles. The van der Waals surface area contributed by atoms with Gasteiger partial charge in [-0.15, -0.1) is 12.4 Å². The van der Waals surface area contributed by atoms with Crippen molar-refractivity contribution in [3.63, 3.8) is 0 Å². The van der Waals surface area contributed by atoms with Crippen LogP contribution in [0.15, 0.2) is 28.0 Å². The zero-order valence-corrected chi connectivity index (χ0v) is 15.3. The average Bonchev–Trinajstić information content (AvgIpc) is 3.27. The molecule has 0 spiro atoms. The monoisotopic (exact) mass is 384 g/mol. The Morgan fingerprint density at radius 2 is 1.91 bits per heavy atom. The van der Waals surface area contributed by atoms with Gasteiger partial charge in [-0.3, -0.25) is 0 Å². The number of hydrogen-bond acceptors (Lipinski definition) is 6. The van der Waals surface area contributed by atoms with E-state index in [2.05, 4.69) is 4.72 Å². The molecule has 0 radical (unpaired) electrons. The van der Waals surface area contributed by atoms with Crippen molar-refractivity contribution in [1.82, 2.24) is 4.72 Å². The first-order chi connectivity index (χ1) is 10.1. The molecule has 0 heterocycles. The predicted molar refractivity (Wildman–Crippen MR) is 89.2 cm³/mol. The van der Waals surface area contributed by atoms with Crippen LogP contribution >= 0.6 is 12.4 Å². The number of ether oxygens (including phenoxy) is 1. The lowest BCUT2D eigenvalue weighted by Gasteiger charge is -2.14. The van der Waals surface area contributed by atoms with E-state index >= 15 is 0 Å². The highest BCUT2D eigenvalue weighted by Gasteiger charge is 2.30. The second-order valence-electron chi connectivity index (χ2n) is 5.44. The summed E-state index contributed by atoms with van der Waals surface area (Å²) in [6.07, 6.45) is 3.03. The average molecular weight is 385 g/mol. The highest BCUT2D eigenvalue weighted by Crippen LogP contribution is 2.31. The fraction of sp³-hybridized carbons (Fsp3) is 0.538. The fourth-order valence-corrected chi connectivity index (χ4v) is 4.06. The van der Waals surface area contributed by atoms with E-state index in [4.69, 9.17) is 10.5 Å². The van der Waals surface area contributed by atoms with Crippen molar-refractivity contribution in [3.8, 4) is 5.75 Å². The van der Waals surface area contributed by atoms with Crippen LogP contribution in [0.25, 0.3) is 0 Å². The van der Waals surface area contributed by atoms with E-state index in [1.807, 2.05) is 0 Å². The molecule has 1 unspecified atom stereocenters. The molecule has 1 atom stereocenters. The number of methoxy groups -OCH3 is 1. The maximum absolute atomic E-state index is 12.4. The van der Waals surface area contributed by atoms with Gasteiger partial charge in [0.15, 0.2) is 9.84 Å². The SMILES string of the molecule is COc1ccc(S(C)(=O)=O)cc1S(=O)(=O)NCC(N)C1CC1.Cl. The van der Waals surface area contributed by atoms with Crippen molar-refractivity contribution in [3.05, 3.63) is 18.2 Å². The Bertz CT molecular complexity index is 761. The third kappa shape index (κ3) is 5.05. The lowest BCUT2D eigenvalue weighted by atomic mass is 10.2. The van der Waals surface area contributed by atoms with Crippen LogP contribution in [0, 0.1) is 5.92 Å². The number of benzene rings is 1. The van der Waals surface area contributed by atoms with E-state index in [-0.39, 0.29) is 40.5 Å². The van der Waals surface area contributed by atoms with Gasteiger partial charge in [0.2, 0.25) is 10.0 Å². The van der Waals surface area contributed by atoms with Crippen molar-refractivity contribution in [2.24, 2.45) is 11.7 Å². The molecule has 3 N–H and O–H groups in total. The molecule has 0 aliphatic heterocycles. The Hall–Kier alpha value is -0.870. The van der Waals surface area contributed by atoms with Crippen LogP contribution in [0.2, 0.25) is 0 Å². The standard InChI is InChI=1S/C13H20N2O5S2.ClH/c1-20-12-6-5-10(21(2,16)17)7-13(12)22(18,19)15-8-11(14)9-3-4-9;/h5-7,9,11,15H,3-4,8,14H2,1-2H3;1H. The lowest BCUT2D eigenvalue weighted by molar-refractivity contribution is 0.401. The molecule has 0 amide bonds. The molecule has 0 saturated heterocycles. The minimum Gasteiger partial charge on any atom is -0.495 e. The van der Waals surface area contributed by atoms with Crippen LogP contribution < -0.4 is 15.2 Å². The van der Waals surface area contributed by atoms with Gasteiger partial charge in [0, 0.05) is 18.8 Å². The molecule has 10 heteroatoms. The van der Waals surface area contributed by atoms with Gasteiger partial charge in [-0.25, -0.2) is 21.6 Å². The number of nitrogens with two attached hydrogens (primary N) is 1. The summed E-state index contributed by atoms with van der Waals surface area (Å²) in [6, 6.07) is 3.49. The largest absolute Gasteiger partial charge is 0.495 e. The third-order valence-electron chi connectivity index (χ3n) is 3.59. The lowest BCUT2D eigenvalue weighted by Crippen LogP contribution is -2.38. The number of sulfonamides is 1. The highest BCUT2D eigenvalue weighted by atomic mass is 35.5. The molecule has 1 aromatic carbocycles. The fourth-order valence-electron chi connectivity index (χ4n) is 2.07. The first kappa shape index (κ1) is 20.2. The number of nitrogens with one attached hydrogen (secondary N) is 1. The van der Waals surface area contributed by atoms with Gasteiger partial charge < -0.3 is 10.5 Å². The van der Waals surface area contributed by atoms with Crippen molar-refractivity contribution in [1.29, 1.82) is 0 Å². The second-order valence-corrected chi connectivity index (χ2v) is 9.19. The summed E-state index contributed by atoms with van der Waals surface area (Å²) in [5.41, 5.74) is 5.88. The Labute approximate surface area is 143 Å². The van der Waals surface area contributed by atoms with Gasteiger partial charge in [0.05, 0.1) is 12.0 Å². The van der Waals surface area contributed by atoms with Crippen LogP contribution in [-0.2, 0) is 19.9 Å². The second kappa shape index (κ2) is 7.35. The van der Waals surface area contributed by atoms with E-state index < -0.39 is 19.9 Å². The molecule has 1 fully saturated rings. The maximum Gasteiger partial charge on any atom is 0.244 e. The molecule has 1 aliphatic carbocycles. The predicted octanol–water partition coefficient (Wildman–Crippen LogP) is 0.536. The van der Waals surface area contributed by atoms with Gasteiger partial charge >= 0.3 is 0 Å². The van der Waals surface area contributed by atoms with Crippen LogP contribution in [0.1, 0.15) is 12.8 Å². The Balaban J connectivity index is 0.00000264. The number of rotatable bonds is 7. The zero-order valence-electron chi connectivity index (χ0n) is 12.9. The Kier molecular flexibility index (Phi) is 6.45. The summed E-state index contributed by atoms with van der Waals surface area (Å²) in [7, 11) is -6.10.